The van der Waals surface area contributed by atoms with Crippen LogP contribution in [0.1, 0.15) is 168 Å². The number of carbonyl (C=O) groups is 2. The van der Waals surface area contributed by atoms with E-state index in [1.165, 1.54) is 77.0 Å². The summed E-state index contributed by atoms with van der Waals surface area (Å²) in [5.41, 5.74) is 0. The summed E-state index contributed by atoms with van der Waals surface area (Å²) in [4.78, 5) is 42.8. The minimum Gasteiger partial charge on any atom is -0.462 e. The van der Waals surface area contributed by atoms with Gasteiger partial charge in [0.2, 0.25) is 0 Å². The number of carbonyl (C=O) groups excluding carboxylic acids is 2. The van der Waals surface area contributed by atoms with Gasteiger partial charge in [-0.1, -0.05) is 133 Å². The molecular formula is C41H71O9P. The lowest BCUT2D eigenvalue weighted by Crippen LogP contribution is -2.29. The molecule has 51 heavy (non-hydrogen) atoms. The fraction of sp³-hybridized carbons (Fsp3) is 0.756. The Labute approximate surface area is 309 Å². The summed E-state index contributed by atoms with van der Waals surface area (Å²) in [5.74, 6) is -0.962. The minimum absolute atomic E-state index is 0.130. The van der Waals surface area contributed by atoms with Crippen LogP contribution in [0.5, 0.6) is 0 Å². The number of allylic oxidation sites excluding steroid dienone is 7. The van der Waals surface area contributed by atoms with Crippen molar-refractivity contribution < 1.29 is 42.7 Å². The first-order chi connectivity index (χ1) is 24.7. The van der Waals surface area contributed by atoms with E-state index < -0.39 is 32.5 Å². The van der Waals surface area contributed by atoms with E-state index in [2.05, 4.69) is 60.9 Å². The van der Waals surface area contributed by atoms with Crippen molar-refractivity contribution in [3.05, 3.63) is 48.6 Å². The third-order valence-electron chi connectivity index (χ3n) is 8.74. The Balaban J connectivity index is 2.12. The zero-order chi connectivity index (χ0) is 37.3. The fourth-order valence-electron chi connectivity index (χ4n) is 5.63. The van der Waals surface area contributed by atoms with E-state index >= 15 is 0 Å². The lowest BCUT2D eigenvalue weighted by Gasteiger charge is -2.18. The molecule has 1 aliphatic rings. The van der Waals surface area contributed by atoms with Crippen LogP contribution in [0.25, 0.3) is 0 Å². The summed E-state index contributed by atoms with van der Waals surface area (Å²) < 4.78 is 32.0. The Morgan fingerprint density at radius 3 is 1.82 bits per heavy atom. The average Bonchev–Trinajstić information content (AvgIpc) is 3.85. The number of phosphoric acid groups is 1. The van der Waals surface area contributed by atoms with Gasteiger partial charge in [0.15, 0.2) is 6.10 Å². The fourth-order valence-corrected chi connectivity index (χ4v) is 5.99. The standard InChI is InChI=1S/C41H71O9P/c1-3-5-7-8-9-10-11-12-13-14-15-19-22-25-29-33-40(42)47-35-37(36-48-51(44,45)46)49-41(43)34-30-26-23-20-17-16-18-21-24-28-32-39-38(50-39)31-27-6-4-2/h10-11,16,18,20,23-24,28,37-39H,3-9,12-15,17,19,21-22,25-27,29-36H2,1-2H3,(H2,44,45,46)/b11-10-,18-16-,23-20-,28-24-/t37-,38?,39?/m1/s1. The molecule has 0 bridgehead atoms. The molecule has 10 heteroatoms. The van der Waals surface area contributed by atoms with Gasteiger partial charge in [-0.15, -0.1) is 0 Å². The summed E-state index contributed by atoms with van der Waals surface area (Å²) in [5, 5.41) is 0. The molecule has 2 unspecified atom stereocenters. The molecule has 0 aliphatic carbocycles. The van der Waals surface area contributed by atoms with Gasteiger partial charge in [-0.2, -0.15) is 0 Å². The smallest absolute Gasteiger partial charge is 0.462 e. The first-order valence-electron chi connectivity index (χ1n) is 20.1. The number of hydrogen-bond acceptors (Lipinski definition) is 7. The highest BCUT2D eigenvalue weighted by atomic mass is 31.2. The Morgan fingerprint density at radius 1 is 0.627 bits per heavy atom. The molecule has 0 aromatic heterocycles. The second-order valence-electron chi connectivity index (χ2n) is 13.6. The van der Waals surface area contributed by atoms with Crippen LogP contribution >= 0.6 is 7.82 Å². The van der Waals surface area contributed by atoms with Crippen LogP contribution < -0.4 is 0 Å². The van der Waals surface area contributed by atoms with Crippen LogP contribution in [0, 0.1) is 0 Å². The highest BCUT2D eigenvalue weighted by molar-refractivity contribution is 7.46. The molecule has 0 radical (unpaired) electrons. The van der Waals surface area contributed by atoms with E-state index in [1.807, 2.05) is 6.08 Å². The van der Waals surface area contributed by atoms with Crippen molar-refractivity contribution >= 4 is 19.8 Å². The van der Waals surface area contributed by atoms with Gasteiger partial charge in [-0.05, 0) is 70.6 Å². The predicted octanol–water partition coefficient (Wildman–Crippen LogP) is 10.9. The van der Waals surface area contributed by atoms with Gasteiger partial charge in [0, 0.05) is 12.8 Å². The number of esters is 2. The van der Waals surface area contributed by atoms with Gasteiger partial charge >= 0.3 is 19.8 Å². The summed E-state index contributed by atoms with van der Waals surface area (Å²) in [7, 11) is -4.77. The Morgan fingerprint density at radius 2 is 1.16 bits per heavy atom. The van der Waals surface area contributed by atoms with Gasteiger partial charge in [0.25, 0.3) is 0 Å². The van der Waals surface area contributed by atoms with Gasteiger partial charge in [-0.25, -0.2) is 4.57 Å². The molecular weight excluding hydrogens is 667 g/mol. The number of unbranched alkanes of at least 4 members (excludes halogenated alkanes) is 14. The Hall–Kier alpha value is -2.03. The van der Waals surface area contributed by atoms with Gasteiger partial charge < -0.3 is 24.0 Å². The van der Waals surface area contributed by atoms with E-state index in [-0.39, 0.29) is 19.4 Å². The maximum Gasteiger partial charge on any atom is 0.469 e. The molecule has 294 valence electrons. The molecule has 1 heterocycles. The molecule has 0 aromatic rings. The number of ether oxygens (including phenoxy) is 3. The van der Waals surface area contributed by atoms with Crippen molar-refractivity contribution in [3.63, 3.8) is 0 Å². The van der Waals surface area contributed by atoms with Crippen LogP contribution in [0.3, 0.4) is 0 Å². The van der Waals surface area contributed by atoms with Crippen LogP contribution in [0.4, 0.5) is 0 Å². The number of rotatable bonds is 35. The van der Waals surface area contributed by atoms with Crippen LogP contribution in [0.2, 0.25) is 0 Å². The molecule has 0 spiro atoms. The second-order valence-corrected chi connectivity index (χ2v) is 14.9. The monoisotopic (exact) mass is 738 g/mol. The first kappa shape index (κ1) is 47.0. The summed E-state index contributed by atoms with van der Waals surface area (Å²) in [6.45, 7) is 3.58. The predicted molar refractivity (Wildman–Crippen MR) is 206 cm³/mol. The van der Waals surface area contributed by atoms with E-state index in [0.29, 0.717) is 31.5 Å². The molecule has 2 N–H and O–H groups in total. The third-order valence-corrected chi connectivity index (χ3v) is 9.23. The molecule has 0 amide bonds. The van der Waals surface area contributed by atoms with E-state index in [4.69, 9.17) is 24.0 Å². The van der Waals surface area contributed by atoms with E-state index in [0.717, 1.165) is 44.9 Å². The van der Waals surface area contributed by atoms with Crippen LogP contribution in [0.15, 0.2) is 48.6 Å². The highest BCUT2D eigenvalue weighted by Crippen LogP contribution is 2.36. The molecule has 0 saturated carbocycles. The van der Waals surface area contributed by atoms with Crippen molar-refractivity contribution in [1.29, 1.82) is 0 Å². The topological polar surface area (TPSA) is 132 Å². The molecule has 1 rings (SSSR count). The Kier molecular flexibility index (Phi) is 30.0. The van der Waals surface area contributed by atoms with E-state index in [9.17, 15) is 14.2 Å². The normalized spacial score (nSPS) is 16.9. The maximum absolute atomic E-state index is 12.4. The molecule has 1 aliphatic heterocycles. The van der Waals surface area contributed by atoms with Crippen LogP contribution in [-0.2, 0) is 32.9 Å². The maximum atomic E-state index is 12.4. The Bertz CT molecular complexity index is 1030. The first-order valence-corrected chi connectivity index (χ1v) is 21.6. The van der Waals surface area contributed by atoms with Crippen LogP contribution in [-0.4, -0.2) is 53.3 Å². The molecule has 1 saturated heterocycles. The molecule has 3 atom stereocenters. The number of epoxide rings is 1. The number of phosphoric ester groups is 1. The van der Waals surface area contributed by atoms with Crippen molar-refractivity contribution in [2.75, 3.05) is 13.2 Å². The zero-order valence-electron chi connectivity index (χ0n) is 31.9. The van der Waals surface area contributed by atoms with Crippen molar-refractivity contribution in [2.24, 2.45) is 0 Å². The average molecular weight is 739 g/mol. The summed E-state index contributed by atoms with van der Waals surface area (Å²) in [6.07, 6.45) is 41.5. The van der Waals surface area contributed by atoms with Crippen molar-refractivity contribution in [2.45, 2.75) is 186 Å². The van der Waals surface area contributed by atoms with Gasteiger partial charge in [0.05, 0.1) is 18.8 Å². The highest BCUT2D eigenvalue weighted by Gasteiger charge is 2.36. The lowest BCUT2D eigenvalue weighted by atomic mass is 10.1. The van der Waals surface area contributed by atoms with E-state index in [1.54, 1.807) is 0 Å². The largest absolute Gasteiger partial charge is 0.469 e. The van der Waals surface area contributed by atoms with Crippen molar-refractivity contribution in [1.82, 2.24) is 0 Å². The van der Waals surface area contributed by atoms with Gasteiger partial charge in [0.1, 0.15) is 6.61 Å². The summed E-state index contributed by atoms with van der Waals surface area (Å²) >= 11 is 0. The zero-order valence-corrected chi connectivity index (χ0v) is 32.8. The SMILES string of the molecule is CCCCCC/C=C\CCCCCCCCCC(=O)OC[C@H](COP(=O)(O)O)OC(=O)CCC/C=C\C/C=C\C/C=C\CC1OC1CCCCC. The number of hydrogen-bond donors (Lipinski definition) is 2. The van der Waals surface area contributed by atoms with Crippen molar-refractivity contribution in [3.8, 4) is 0 Å². The molecule has 0 aromatic carbocycles. The molecule has 1 fully saturated rings. The summed E-state index contributed by atoms with van der Waals surface area (Å²) in [6, 6.07) is 0. The second kappa shape index (κ2) is 32.6. The third kappa shape index (κ3) is 32.4. The minimum atomic E-state index is -4.77. The molecule has 9 nitrogen and oxygen atoms in total. The van der Waals surface area contributed by atoms with Gasteiger partial charge in [-0.3, -0.25) is 14.1 Å². The lowest BCUT2D eigenvalue weighted by molar-refractivity contribution is -0.161. The quantitative estimate of drug-likeness (QED) is 0.0214.